The van der Waals surface area contributed by atoms with Crippen LogP contribution in [0.1, 0.15) is 5.56 Å². The molecule has 0 aliphatic heterocycles. The van der Waals surface area contributed by atoms with Crippen molar-refractivity contribution in [1.82, 2.24) is 0 Å². The van der Waals surface area contributed by atoms with Crippen molar-refractivity contribution in [2.75, 3.05) is 0 Å². The Labute approximate surface area is 124 Å². The molecule has 0 fully saturated rings. The Bertz CT molecular complexity index is 677. The Balaban J connectivity index is 2.26. The minimum absolute atomic E-state index is 0.0117. The number of nitrogens with zero attached hydrogens (tertiary/aromatic N) is 1. The minimum Gasteiger partial charge on any atom is -0.457 e. The van der Waals surface area contributed by atoms with E-state index in [1.807, 2.05) is 0 Å². The number of ether oxygens (including phenoxy) is 1. The van der Waals surface area contributed by atoms with Crippen molar-refractivity contribution in [3.05, 3.63) is 57.8 Å². The first-order valence-corrected chi connectivity index (χ1v) is 6.17. The van der Waals surface area contributed by atoms with Gasteiger partial charge in [-0.05, 0) is 24.3 Å². The maximum atomic E-state index is 13.3. The van der Waals surface area contributed by atoms with Crippen molar-refractivity contribution in [3.63, 3.8) is 0 Å². The summed E-state index contributed by atoms with van der Waals surface area (Å²) in [6.45, 7) is 0. The van der Waals surface area contributed by atoms with Crippen LogP contribution in [-0.2, 0) is 0 Å². The van der Waals surface area contributed by atoms with Gasteiger partial charge in [0.05, 0.1) is 10.0 Å². The molecule has 0 aromatic heterocycles. The van der Waals surface area contributed by atoms with Crippen molar-refractivity contribution in [3.8, 4) is 11.5 Å². The van der Waals surface area contributed by atoms with E-state index >= 15 is 0 Å². The summed E-state index contributed by atoms with van der Waals surface area (Å²) in [5, 5.41) is 11.7. The predicted molar refractivity (Wildman–Crippen MR) is 75.4 cm³/mol. The summed E-state index contributed by atoms with van der Waals surface area (Å²) in [5.41, 5.74) is 5.81. The number of hydrogen-bond donors (Lipinski definition) is 2. The molecule has 0 atom stereocenters. The smallest absolute Gasteiger partial charge is 0.171 e. The quantitative estimate of drug-likeness (QED) is 0.389. The van der Waals surface area contributed by atoms with E-state index in [1.165, 1.54) is 24.3 Å². The molecular weight excluding hydrogens is 306 g/mol. The molecule has 2 aromatic carbocycles. The summed E-state index contributed by atoms with van der Waals surface area (Å²) >= 11 is 11.6. The van der Waals surface area contributed by atoms with Gasteiger partial charge >= 0.3 is 0 Å². The fourth-order valence-corrected chi connectivity index (χ4v) is 1.88. The molecule has 0 amide bonds. The average molecular weight is 315 g/mol. The van der Waals surface area contributed by atoms with Gasteiger partial charge in [-0.25, -0.2) is 4.39 Å². The maximum absolute atomic E-state index is 13.3. The first kappa shape index (κ1) is 14.4. The standard InChI is InChI=1S/C13H9Cl2FN2O2/c14-10-4-2-8(6-12(10)16)20-7-1-3-9(11(15)5-7)13(17)18-19/h1-6,19H,(H2,17,18). The third-order valence-corrected chi connectivity index (χ3v) is 3.07. The third kappa shape index (κ3) is 3.12. The van der Waals surface area contributed by atoms with Crippen molar-refractivity contribution in [2.24, 2.45) is 10.9 Å². The van der Waals surface area contributed by atoms with Gasteiger partial charge in [0.15, 0.2) is 5.84 Å². The van der Waals surface area contributed by atoms with Crippen molar-refractivity contribution in [1.29, 1.82) is 0 Å². The minimum atomic E-state index is -0.580. The number of hydrogen-bond acceptors (Lipinski definition) is 3. The molecule has 0 bridgehead atoms. The second-order valence-corrected chi connectivity index (χ2v) is 4.62. The van der Waals surface area contributed by atoms with Crippen LogP contribution < -0.4 is 10.5 Å². The summed E-state index contributed by atoms with van der Waals surface area (Å²) in [5.74, 6) is -0.0339. The second-order valence-electron chi connectivity index (χ2n) is 3.80. The SMILES string of the molecule is N/C(=N/O)c1ccc(Oc2ccc(Cl)c(F)c2)cc1Cl. The van der Waals surface area contributed by atoms with E-state index in [0.717, 1.165) is 6.07 Å². The number of nitrogens with two attached hydrogens (primary N) is 1. The van der Waals surface area contributed by atoms with Gasteiger partial charge in [-0.1, -0.05) is 28.4 Å². The van der Waals surface area contributed by atoms with Gasteiger partial charge in [-0.2, -0.15) is 0 Å². The molecular formula is C13H9Cl2FN2O2. The van der Waals surface area contributed by atoms with Crippen LogP contribution in [0.2, 0.25) is 10.0 Å². The average Bonchev–Trinajstić information content (AvgIpc) is 2.42. The summed E-state index contributed by atoms with van der Waals surface area (Å²) in [4.78, 5) is 0. The lowest BCUT2D eigenvalue weighted by atomic mass is 10.2. The van der Waals surface area contributed by atoms with Crippen LogP contribution in [0.5, 0.6) is 11.5 Å². The zero-order valence-corrected chi connectivity index (χ0v) is 11.5. The Morgan fingerprint density at radius 2 is 1.75 bits per heavy atom. The highest BCUT2D eigenvalue weighted by molar-refractivity contribution is 6.34. The van der Waals surface area contributed by atoms with E-state index in [2.05, 4.69) is 5.16 Å². The van der Waals surface area contributed by atoms with Crippen LogP contribution in [0.25, 0.3) is 0 Å². The number of halogens is 3. The summed E-state index contributed by atoms with van der Waals surface area (Å²) in [6, 6.07) is 8.63. The van der Waals surface area contributed by atoms with E-state index in [4.69, 9.17) is 38.9 Å². The van der Waals surface area contributed by atoms with Crippen molar-refractivity contribution >= 4 is 29.0 Å². The van der Waals surface area contributed by atoms with Gasteiger partial charge in [-0.3, -0.25) is 0 Å². The molecule has 0 aliphatic rings. The largest absolute Gasteiger partial charge is 0.457 e. The second kappa shape index (κ2) is 5.98. The van der Waals surface area contributed by atoms with Crippen LogP contribution in [0.15, 0.2) is 41.6 Å². The molecule has 2 aromatic rings. The topological polar surface area (TPSA) is 67.8 Å². The predicted octanol–water partition coefficient (Wildman–Crippen LogP) is 4.02. The first-order chi connectivity index (χ1) is 9.51. The van der Waals surface area contributed by atoms with Gasteiger partial charge in [0.2, 0.25) is 0 Å². The Morgan fingerprint density at radius 1 is 1.10 bits per heavy atom. The molecule has 0 saturated heterocycles. The van der Waals surface area contributed by atoms with Crippen LogP contribution in [0.4, 0.5) is 4.39 Å². The zero-order chi connectivity index (χ0) is 14.7. The van der Waals surface area contributed by atoms with E-state index < -0.39 is 5.82 Å². The van der Waals surface area contributed by atoms with Gasteiger partial charge in [0.1, 0.15) is 17.3 Å². The fraction of sp³-hybridized carbons (Fsp3) is 0. The van der Waals surface area contributed by atoms with Crippen LogP contribution in [0, 0.1) is 5.82 Å². The monoisotopic (exact) mass is 314 g/mol. The molecule has 0 unspecified atom stereocenters. The lowest BCUT2D eigenvalue weighted by Gasteiger charge is -2.08. The van der Waals surface area contributed by atoms with Crippen LogP contribution >= 0.6 is 23.2 Å². The number of amidine groups is 1. The maximum Gasteiger partial charge on any atom is 0.171 e. The number of benzene rings is 2. The summed E-state index contributed by atoms with van der Waals surface area (Å²) in [6.07, 6.45) is 0. The molecule has 0 radical (unpaired) electrons. The highest BCUT2D eigenvalue weighted by atomic mass is 35.5. The molecule has 0 heterocycles. The third-order valence-electron chi connectivity index (χ3n) is 2.45. The molecule has 0 spiro atoms. The molecule has 2 rings (SSSR count). The Morgan fingerprint density at radius 3 is 2.35 bits per heavy atom. The lowest BCUT2D eigenvalue weighted by Crippen LogP contribution is -2.13. The van der Waals surface area contributed by atoms with E-state index in [9.17, 15) is 4.39 Å². The molecule has 4 nitrogen and oxygen atoms in total. The van der Waals surface area contributed by atoms with E-state index in [-0.39, 0.29) is 21.6 Å². The molecule has 20 heavy (non-hydrogen) atoms. The zero-order valence-electron chi connectivity index (χ0n) is 9.98. The summed E-state index contributed by atoms with van der Waals surface area (Å²) < 4.78 is 18.7. The molecule has 7 heteroatoms. The Kier molecular flexibility index (Phi) is 4.32. The van der Waals surface area contributed by atoms with Gasteiger partial charge < -0.3 is 15.7 Å². The van der Waals surface area contributed by atoms with Crippen molar-refractivity contribution in [2.45, 2.75) is 0 Å². The van der Waals surface area contributed by atoms with Gasteiger partial charge in [-0.15, -0.1) is 0 Å². The van der Waals surface area contributed by atoms with Gasteiger partial charge in [0.25, 0.3) is 0 Å². The van der Waals surface area contributed by atoms with Gasteiger partial charge in [0, 0.05) is 17.7 Å². The first-order valence-electron chi connectivity index (χ1n) is 5.41. The summed E-state index contributed by atoms with van der Waals surface area (Å²) in [7, 11) is 0. The fourth-order valence-electron chi connectivity index (χ4n) is 1.50. The normalized spacial score (nSPS) is 11.4. The molecule has 0 saturated carbocycles. The van der Waals surface area contributed by atoms with Crippen LogP contribution in [0.3, 0.4) is 0 Å². The van der Waals surface area contributed by atoms with Crippen molar-refractivity contribution < 1.29 is 14.3 Å². The highest BCUT2D eigenvalue weighted by Crippen LogP contribution is 2.28. The van der Waals surface area contributed by atoms with Crippen LogP contribution in [-0.4, -0.2) is 11.0 Å². The number of oxime groups is 1. The molecule has 3 N–H and O–H groups in total. The van der Waals surface area contributed by atoms with E-state index in [0.29, 0.717) is 11.3 Å². The molecule has 0 aliphatic carbocycles. The Hall–Kier alpha value is -1.98. The molecule has 104 valence electrons. The lowest BCUT2D eigenvalue weighted by molar-refractivity contribution is 0.318. The number of rotatable bonds is 3. The van der Waals surface area contributed by atoms with E-state index in [1.54, 1.807) is 6.07 Å². The highest BCUT2D eigenvalue weighted by Gasteiger charge is 2.08.